The summed E-state index contributed by atoms with van der Waals surface area (Å²) in [6.45, 7) is 4.76. The van der Waals surface area contributed by atoms with Gasteiger partial charge in [0.25, 0.3) is 0 Å². The predicted molar refractivity (Wildman–Crippen MR) is 312 cm³/mol. The van der Waals surface area contributed by atoms with Crippen LogP contribution in [0.4, 0.5) is 34.1 Å². The zero-order valence-electron chi connectivity index (χ0n) is 40.8. The van der Waals surface area contributed by atoms with Crippen LogP contribution >= 0.6 is 0 Å². The largest absolute Gasteiger partial charge is 0.309 e. The predicted octanol–water partition coefficient (Wildman–Crippen LogP) is 19.7. The third-order valence-electron chi connectivity index (χ3n) is 15.6. The lowest BCUT2D eigenvalue weighted by Crippen LogP contribution is -2.17. The molecule has 0 radical (unpaired) electrons. The molecule has 0 saturated carbocycles. The van der Waals surface area contributed by atoms with Crippen molar-refractivity contribution in [1.82, 2.24) is 0 Å². The van der Waals surface area contributed by atoms with Crippen LogP contribution in [0.2, 0.25) is 0 Å². The summed E-state index contributed by atoms with van der Waals surface area (Å²) in [6, 6.07) is 84.9. The molecule has 14 rings (SSSR count). The van der Waals surface area contributed by atoms with E-state index in [0.717, 1.165) is 5.69 Å². The first-order valence-electron chi connectivity index (χ1n) is 25.4. The lowest BCUT2D eigenvalue weighted by atomic mass is 9.81. The molecule has 2 heterocycles. The molecule has 0 N–H and O–H groups in total. The van der Waals surface area contributed by atoms with Crippen LogP contribution in [-0.4, -0.2) is 0 Å². The summed E-state index contributed by atoms with van der Waals surface area (Å²) in [5, 5.41) is 4.99. The second-order valence-electron chi connectivity index (χ2n) is 20.1. The van der Waals surface area contributed by atoms with E-state index in [0.29, 0.717) is 0 Å². The Labute approximate surface area is 427 Å². The van der Waals surface area contributed by atoms with Crippen molar-refractivity contribution in [3.8, 4) is 33.4 Å². The summed E-state index contributed by atoms with van der Waals surface area (Å²) in [4.78, 5) is 4.82. The Kier molecular flexibility index (Phi) is 9.91. The lowest BCUT2D eigenvalue weighted by Gasteiger charge is -2.29. The molecule has 0 saturated heterocycles. The van der Waals surface area contributed by atoms with Gasteiger partial charge in [-0.15, -0.1) is 0 Å². The van der Waals surface area contributed by atoms with Crippen LogP contribution in [0.25, 0.3) is 91.4 Å². The molecule has 0 atom stereocenters. The fourth-order valence-electron chi connectivity index (χ4n) is 12.0. The van der Waals surface area contributed by atoms with Gasteiger partial charge in [0.2, 0.25) is 0 Å². The van der Waals surface area contributed by atoms with E-state index in [1.807, 2.05) is 0 Å². The third-order valence-corrected chi connectivity index (χ3v) is 15.6. The minimum Gasteiger partial charge on any atom is -0.309 e. The van der Waals surface area contributed by atoms with Crippen molar-refractivity contribution >= 4 is 92.1 Å². The molecule has 11 aromatic rings. The zero-order chi connectivity index (χ0) is 48.6. The number of fused-ring (bicyclic) bond motifs is 9. The Balaban J connectivity index is 0.769. The Morgan fingerprint density at radius 2 is 0.658 bits per heavy atom. The van der Waals surface area contributed by atoms with Crippen LogP contribution in [0, 0.1) is 0 Å². The minimum atomic E-state index is -0.176. The van der Waals surface area contributed by atoms with Crippen molar-refractivity contribution in [1.29, 1.82) is 0 Å². The molecule has 3 aliphatic rings. The van der Waals surface area contributed by atoms with E-state index in [1.54, 1.807) is 0 Å². The van der Waals surface area contributed by atoms with Crippen molar-refractivity contribution < 1.29 is 0 Å². The summed E-state index contributed by atoms with van der Waals surface area (Å²) in [5.41, 5.74) is 24.3. The molecule has 0 bridgehead atoms. The molecule has 73 heavy (non-hydrogen) atoms. The van der Waals surface area contributed by atoms with Gasteiger partial charge in [0, 0.05) is 16.8 Å². The molecule has 0 unspecified atom stereocenters. The maximum atomic E-state index is 2.43. The van der Waals surface area contributed by atoms with Crippen molar-refractivity contribution in [3.05, 3.63) is 275 Å². The van der Waals surface area contributed by atoms with E-state index in [4.69, 9.17) is 0 Å². The summed E-state index contributed by atoms with van der Waals surface area (Å²) >= 11 is 0. The number of benzene rings is 11. The van der Waals surface area contributed by atoms with Gasteiger partial charge in [-0.2, -0.15) is 0 Å². The quantitative estimate of drug-likeness (QED) is 0.121. The molecular weight excluding hydrogens is 881 g/mol. The second-order valence-corrected chi connectivity index (χ2v) is 20.1. The minimum absolute atomic E-state index is 0.176. The molecule has 11 aromatic carbocycles. The Hall–Kier alpha value is -9.24. The standard InChI is InChI=1S/C71H50N2/c1-71(2)63-45-48(31-43-57(63)58-44-42-56(46-64(58)71)73-67-25-13-5-17-51(67)36-37-52-18-6-14-26-68(52)73)28-27-47-29-32-53(33-30-47)69-59-19-7-9-21-61(59)70(62-22-10-8-20-60(62)69)54-38-40-55(41-39-54)72-65-23-11-3-15-49(65)34-35-50-16-4-12-24-66(50)72/h3-46H,1-2H3. The van der Waals surface area contributed by atoms with Crippen LogP contribution in [0.3, 0.4) is 0 Å². The van der Waals surface area contributed by atoms with Gasteiger partial charge in [-0.3, -0.25) is 0 Å². The molecule has 0 fully saturated rings. The van der Waals surface area contributed by atoms with E-state index < -0.39 is 0 Å². The highest BCUT2D eigenvalue weighted by Crippen LogP contribution is 2.52. The van der Waals surface area contributed by atoms with E-state index in [-0.39, 0.29) is 5.41 Å². The third kappa shape index (κ3) is 7.01. The average Bonchev–Trinajstić information content (AvgIpc) is 3.56. The van der Waals surface area contributed by atoms with Crippen molar-refractivity contribution in [2.45, 2.75) is 19.3 Å². The first-order valence-corrected chi connectivity index (χ1v) is 25.4. The van der Waals surface area contributed by atoms with Gasteiger partial charge in [0.1, 0.15) is 0 Å². The highest BCUT2D eigenvalue weighted by Gasteiger charge is 2.36. The van der Waals surface area contributed by atoms with Gasteiger partial charge in [0.15, 0.2) is 0 Å². The molecule has 0 aromatic heterocycles. The van der Waals surface area contributed by atoms with Crippen LogP contribution in [0.5, 0.6) is 0 Å². The Morgan fingerprint density at radius 1 is 0.315 bits per heavy atom. The molecule has 2 nitrogen and oxygen atoms in total. The number of hydrogen-bond acceptors (Lipinski definition) is 2. The molecule has 2 aliphatic heterocycles. The smallest absolute Gasteiger partial charge is 0.0534 e. The second kappa shape index (κ2) is 17.0. The van der Waals surface area contributed by atoms with Gasteiger partial charge in [-0.25, -0.2) is 0 Å². The van der Waals surface area contributed by atoms with Crippen LogP contribution in [0.1, 0.15) is 58.4 Å². The van der Waals surface area contributed by atoms with Crippen LogP contribution < -0.4 is 9.80 Å². The number of para-hydroxylation sites is 4. The van der Waals surface area contributed by atoms with Crippen LogP contribution in [0.15, 0.2) is 231 Å². The fraction of sp³-hybridized carbons (Fsp3) is 0.0423. The summed E-state index contributed by atoms with van der Waals surface area (Å²) in [6.07, 6.45) is 13.4. The maximum Gasteiger partial charge on any atom is 0.0534 e. The molecule has 344 valence electrons. The normalized spacial score (nSPS) is 13.8. The highest BCUT2D eigenvalue weighted by molar-refractivity contribution is 6.21. The number of nitrogens with zero attached hydrogens (tertiary/aromatic N) is 2. The van der Waals surface area contributed by atoms with E-state index in [1.165, 1.54) is 128 Å². The first kappa shape index (κ1) is 42.6. The zero-order valence-corrected chi connectivity index (χ0v) is 40.8. The van der Waals surface area contributed by atoms with Gasteiger partial charge < -0.3 is 9.80 Å². The Bertz CT molecular complexity index is 3950. The fourth-order valence-corrected chi connectivity index (χ4v) is 12.0. The van der Waals surface area contributed by atoms with Crippen molar-refractivity contribution in [3.63, 3.8) is 0 Å². The SMILES string of the molecule is CC1(C)c2cc(C=Cc3ccc(-c4c5ccccc5c(-c5ccc(N6c7ccccc7C=Cc7ccccc76)cc5)c5ccccc45)cc3)ccc2-c2ccc(N3c4ccccc4C=Cc4ccccc43)cc21. The van der Waals surface area contributed by atoms with E-state index >= 15 is 0 Å². The summed E-state index contributed by atoms with van der Waals surface area (Å²) in [7, 11) is 0. The molecule has 0 amide bonds. The average molecular weight is 931 g/mol. The summed E-state index contributed by atoms with van der Waals surface area (Å²) < 4.78 is 0. The Morgan fingerprint density at radius 3 is 1.12 bits per heavy atom. The lowest BCUT2D eigenvalue weighted by molar-refractivity contribution is 0.660. The number of hydrogen-bond donors (Lipinski definition) is 0. The van der Waals surface area contributed by atoms with E-state index in [2.05, 4.69) is 291 Å². The number of anilines is 6. The highest BCUT2D eigenvalue weighted by atomic mass is 15.2. The van der Waals surface area contributed by atoms with Gasteiger partial charge >= 0.3 is 0 Å². The molecular formula is C71H50N2. The van der Waals surface area contributed by atoms with E-state index in [9.17, 15) is 0 Å². The molecule has 1 aliphatic carbocycles. The first-order chi connectivity index (χ1) is 36.0. The van der Waals surface area contributed by atoms with Crippen molar-refractivity contribution in [2.75, 3.05) is 9.80 Å². The van der Waals surface area contributed by atoms with Gasteiger partial charge in [-0.1, -0.05) is 232 Å². The number of rotatable bonds is 6. The van der Waals surface area contributed by atoms with Gasteiger partial charge in [-0.05, 0) is 148 Å². The van der Waals surface area contributed by atoms with Crippen LogP contribution in [-0.2, 0) is 5.41 Å². The van der Waals surface area contributed by atoms with Gasteiger partial charge in [0.05, 0.1) is 22.7 Å². The topological polar surface area (TPSA) is 6.48 Å². The van der Waals surface area contributed by atoms with Crippen molar-refractivity contribution in [2.24, 2.45) is 0 Å². The molecule has 0 spiro atoms. The monoisotopic (exact) mass is 930 g/mol. The maximum absolute atomic E-state index is 2.43. The summed E-state index contributed by atoms with van der Waals surface area (Å²) in [5.74, 6) is 0. The molecule has 2 heteroatoms.